The fourth-order valence-corrected chi connectivity index (χ4v) is 2.84. The number of halogens is 3. The Balaban J connectivity index is 1.76. The van der Waals surface area contributed by atoms with Gasteiger partial charge in [-0.2, -0.15) is 18.3 Å². The van der Waals surface area contributed by atoms with E-state index in [9.17, 15) is 13.2 Å². The summed E-state index contributed by atoms with van der Waals surface area (Å²) >= 11 is 0. The number of aryl methyl sites for hydroxylation is 1. The minimum Gasteiger partial charge on any atom is -0.497 e. The zero-order valence-corrected chi connectivity index (χ0v) is 15.6. The lowest BCUT2D eigenvalue weighted by Crippen LogP contribution is -2.05. The first-order valence-electron chi connectivity index (χ1n) is 8.45. The summed E-state index contributed by atoms with van der Waals surface area (Å²) < 4.78 is 44.9. The number of nitrogens with one attached hydrogen (secondary N) is 1. The van der Waals surface area contributed by atoms with Crippen LogP contribution in [0.5, 0.6) is 5.75 Å². The standard InChI is InChI=1S/C20H19F3N4O/c1-13-10-15(14(2)27(13)17-5-7-18(28-3)8-6-17)11-25-26-19-9-4-16(12-24-19)20(21,22)23/h4-12H,1-3H3,(H,24,26)/b25-11-. The third kappa shape index (κ3) is 4.16. The van der Waals surface area contributed by atoms with Gasteiger partial charge < -0.3 is 9.30 Å². The van der Waals surface area contributed by atoms with Crippen LogP contribution < -0.4 is 10.2 Å². The molecule has 2 aromatic heterocycles. The van der Waals surface area contributed by atoms with Crippen molar-refractivity contribution in [3.05, 3.63) is 71.2 Å². The largest absolute Gasteiger partial charge is 0.497 e. The van der Waals surface area contributed by atoms with E-state index in [1.54, 1.807) is 13.3 Å². The molecule has 0 radical (unpaired) electrons. The van der Waals surface area contributed by atoms with Crippen molar-refractivity contribution < 1.29 is 17.9 Å². The van der Waals surface area contributed by atoms with Crippen LogP contribution >= 0.6 is 0 Å². The molecule has 0 saturated heterocycles. The zero-order valence-electron chi connectivity index (χ0n) is 15.6. The van der Waals surface area contributed by atoms with Crippen LogP contribution in [-0.4, -0.2) is 22.9 Å². The number of benzene rings is 1. The van der Waals surface area contributed by atoms with Crippen molar-refractivity contribution in [3.63, 3.8) is 0 Å². The molecule has 3 aromatic rings. The molecule has 0 amide bonds. The maximum atomic E-state index is 12.6. The highest BCUT2D eigenvalue weighted by Crippen LogP contribution is 2.28. The van der Waals surface area contributed by atoms with Crippen LogP contribution in [0, 0.1) is 13.8 Å². The van der Waals surface area contributed by atoms with E-state index in [0.29, 0.717) is 0 Å². The summed E-state index contributed by atoms with van der Waals surface area (Å²) in [7, 11) is 1.62. The van der Waals surface area contributed by atoms with Crippen molar-refractivity contribution in [2.45, 2.75) is 20.0 Å². The van der Waals surface area contributed by atoms with E-state index >= 15 is 0 Å². The van der Waals surface area contributed by atoms with Crippen molar-refractivity contribution in [3.8, 4) is 11.4 Å². The van der Waals surface area contributed by atoms with Gasteiger partial charge in [0.15, 0.2) is 0 Å². The molecule has 5 nitrogen and oxygen atoms in total. The summed E-state index contributed by atoms with van der Waals surface area (Å²) in [5.41, 5.74) is 5.73. The number of hydrogen-bond acceptors (Lipinski definition) is 4. The third-order valence-corrected chi connectivity index (χ3v) is 4.27. The van der Waals surface area contributed by atoms with Crippen molar-refractivity contribution in [1.82, 2.24) is 9.55 Å². The summed E-state index contributed by atoms with van der Waals surface area (Å²) in [5, 5.41) is 4.09. The van der Waals surface area contributed by atoms with Gasteiger partial charge in [0.05, 0.1) is 18.9 Å². The Kier molecular flexibility index (Phi) is 5.39. The molecule has 28 heavy (non-hydrogen) atoms. The first-order valence-corrected chi connectivity index (χ1v) is 8.45. The number of nitrogens with zero attached hydrogens (tertiary/aromatic N) is 3. The minimum atomic E-state index is -4.41. The fourth-order valence-electron chi connectivity index (χ4n) is 2.84. The van der Waals surface area contributed by atoms with Gasteiger partial charge in [-0.1, -0.05) is 0 Å². The van der Waals surface area contributed by atoms with Gasteiger partial charge in [0.25, 0.3) is 0 Å². The molecule has 1 N–H and O–H groups in total. The lowest BCUT2D eigenvalue weighted by molar-refractivity contribution is -0.137. The molecule has 0 atom stereocenters. The van der Waals surface area contributed by atoms with E-state index in [1.165, 1.54) is 6.07 Å². The quantitative estimate of drug-likeness (QED) is 0.496. The Morgan fingerprint density at radius 3 is 2.39 bits per heavy atom. The highest BCUT2D eigenvalue weighted by atomic mass is 19.4. The van der Waals surface area contributed by atoms with Crippen molar-refractivity contribution >= 4 is 12.0 Å². The van der Waals surface area contributed by atoms with Gasteiger partial charge in [-0.3, -0.25) is 5.43 Å². The van der Waals surface area contributed by atoms with Crippen LogP contribution in [0.4, 0.5) is 19.0 Å². The van der Waals surface area contributed by atoms with E-state index in [-0.39, 0.29) is 5.82 Å². The summed E-state index contributed by atoms with van der Waals surface area (Å²) in [6.45, 7) is 3.95. The third-order valence-electron chi connectivity index (χ3n) is 4.27. The minimum absolute atomic E-state index is 0.230. The lowest BCUT2D eigenvalue weighted by Gasteiger charge is -2.10. The van der Waals surface area contributed by atoms with Gasteiger partial charge in [0, 0.05) is 28.8 Å². The predicted octanol–water partition coefficient (Wildman–Crippen LogP) is 4.96. The fraction of sp³-hybridized carbons (Fsp3) is 0.200. The van der Waals surface area contributed by atoms with E-state index in [0.717, 1.165) is 40.7 Å². The molecule has 0 aliphatic rings. The molecular formula is C20H19F3N4O. The van der Waals surface area contributed by atoms with Gasteiger partial charge in [-0.25, -0.2) is 4.98 Å². The topological polar surface area (TPSA) is 51.4 Å². The van der Waals surface area contributed by atoms with Gasteiger partial charge in [-0.05, 0) is 56.3 Å². The first kappa shape index (κ1) is 19.5. The molecule has 3 rings (SSSR count). The van der Waals surface area contributed by atoms with E-state index < -0.39 is 11.7 Å². The number of aromatic nitrogens is 2. The normalized spacial score (nSPS) is 11.8. The van der Waals surface area contributed by atoms with Crippen LogP contribution in [0.25, 0.3) is 5.69 Å². The number of hydrogen-bond donors (Lipinski definition) is 1. The second-order valence-corrected chi connectivity index (χ2v) is 6.16. The summed E-state index contributed by atoms with van der Waals surface area (Å²) in [5.74, 6) is 1.01. The number of pyridine rings is 1. The summed E-state index contributed by atoms with van der Waals surface area (Å²) in [6.07, 6.45) is -2.02. The lowest BCUT2D eigenvalue weighted by atomic mass is 10.2. The van der Waals surface area contributed by atoms with Gasteiger partial charge in [0.1, 0.15) is 11.6 Å². The van der Waals surface area contributed by atoms with E-state index in [2.05, 4.69) is 20.1 Å². The van der Waals surface area contributed by atoms with E-state index in [1.807, 2.05) is 44.2 Å². The van der Waals surface area contributed by atoms with Gasteiger partial charge in [0.2, 0.25) is 0 Å². The summed E-state index contributed by atoms with van der Waals surface area (Å²) in [4.78, 5) is 3.72. The Morgan fingerprint density at radius 2 is 1.82 bits per heavy atom. The molecule has 0 bridgehead atoms. The molecule has 2 heterocycles. The number of alkyl halides is 3. The Hall–Kier alpha value is -3.29. The maximum absolute atomic E-state index is 12.6. The highest BCUT2D eigenvalue weighted by Gasteiger charge is 2.30. The molecular weight excluding hydrogens is 369 g/mol. The molecule has 146 valence electrons. The number of hydrazone groups is 1. The predicted molar refractivity (Wildman–Crippen MR) is 102 cm³/mol. The molecule has 0 spiro atoms. The Bertz CT molecular complexity index is 974. The maximum Gasteiger partial charge on any atom is 0.417 e. The average molecular weight is 388 g/mol. The summed E-state index contributed by atoms with van der Waals surface area (Å²) in [6, 6.07) is 11.9. The molecule has 0 fully saturated rings. The van der Waals surface area contributed by atoms with Crippen LogP contribution in [-0.2, 0) is 6.18 Å². The average Bonchev–Trinajstić information content (AvgIpc) is 2.95. The molecule has 8 heteroatoms. The number of methoxy groups -OCH3 is 1. The van der Waals surface area contributed by atoms with Gasteiger partial charge >= 0.3 is 6.18 Å². The number of anilines is 1. The van der Waals surface area contributed by atoms with Crippen LogP contribution in [0.15, 0.2) is 53.8 Å². The molecule has 0 unspecified atom stereocenters. The highest BCUT2D eigenvalue weighted by molar-refractivity contribution is 5.82. The van der Waals surface area contributed by atoms with Crippen LogP contribution in [0.1, 0.15) is 22.5 Å². The van der Waals surface area contributed by atoms with Gasteiger partial charge in [-0.15, -0.1) is 0 Å². The zero-order chi connectivity index (χ0) is 20.3. The monoisotopic (exact) mass is 388 g/mol. The number of ether oxygens (including phenoxy) is 1. The van der Waals surface area contributed by atoms with E-state index in [4.69, 9.17) is 4.74 Å². The van der Waals surface area contributed by atoms with Crippen LogP contribution in [0.2, 0.25) is 0 Å². The van der Waals surface area contributed by atoms with Crippen molar-refractivity contribution in [1.29, 1.82) is 0 Å². The second-order valence-electron chi connectivity index (χ2n) is 6.16. The Labute approximate surface area is 160 Å². The van der Waals surface area contributed by atoms with Crippen molar-refractivity contribution in [2.24, 2.45) is 5.10 Å². The Morgan fingerprint density at radius 1 is 1.11 bits per heavy atom. The van der Waals surface area contributed by atoms with Crippen LogP contribution in [0.3, 0.4) is 0 Å². The molecule has 0 aliphatic carbocycles. The number of rotatable bonds is 5. The van der Waals surface area contributed by atoms with Crippen molar-refractivity contribution in [2.75, 3.05) is 12.5 Å². The second kappa shape index (κ2) is 7.75. The smallest absolute Gasteiger partial charge is 0.417 e. The molecule has 1 aromatic carbocycles. The SMILES string of the molecule is COc1ccc(-n2c(C)cc(/C=N\Nc3ccc(C(F)(F)F)cn3)c2C)cc1. The first-order chi connectivity index (χ1) is 13.3. The molecule has 0 saturated carbocycles. The molecule has 0 aliphatic heterocycles.